The highest BCUT2D eigenvalue weighted by atomic mass is 32.2. The van der Waals surface area contributed by atoms with Gasteiger partial charge in [0.25, 0.3) is 0 Å². The van der Waals surface area contributed by atoms with E-state index in [1.54, 1.807) is 6.07 Å². The Hall–Kier alpha value is -3.68. The zero-order valence-corrected chi connectivity index (χ0v) is 28.5. The van der Waals surface area contributed by atoms with E-state index >= 15 is 0 Å². The van der Waals surface area contributed by atoms with Crippen LogP contribution in [-0.2, 0) is 23.0 Å². The molecular formula is C39H49N2O4S+. The second kappa shape index (κ2) is 14.8. The zero-order valence-electron chi connectivity index (χ0n) is 27.7. The number of fused-ring (bicyclic) bond motifs is 1. The normalized spacial score (nSPS) is 18.4. The van der Waals surface area contributed by atoms with Crippen molar-refractivity contribution >= 4 is 15.5 Å². The van der Waals surface area contributed by atoms with Crippen molar-refractivity contribution in [3.05, 3.63) is 120 Å². The second-order valence-electron chi connectivity index (χ2n) is 13.1. The van der Waals surface area contributed by atoms with Crippen LogP contribution in [0, 0.1) is 5.41 Å². The van der Waals surface area contributed by atoms with Crippen molar-refractivity contribution in [3.63, 3.8) is 0 Å². The molecule has 1 aliphatic rings. The van der Waals surface area contributed by atoms with Crippen LogP contribution in [0.5, 0.6) is 5.75 Å². The molecule has 0 amide bonds. The molecule has 2 atom stereocenters. The van der Waals surface area contributed by atoms with E-state index in [0.29, 0.717) is 29.9 Å². The van der Waals surface area contributed by atoms with Crippen molar-refractivity contribution in [2.24, 2.45) is 5.41 Å². The van der Waals surface area contributed by atoms with Crippen molar-refractivity contribution in [2.45, 2.75) is 82.4 Å². The largest absolute Gasteiger partial charge is 0.489 e. The predicted molar refractivity (Wildman–Crippen MR) is 185 cm³/mol. The third-order valence-corrected chi connectivity index (χ3v) is 11.5. The first-order valence-electron chi connectivity index (χ1n) is 16.6. The summed E-state index contributed by atoms with van der Waals surface area (Å²) in [6.07, 6.45) is 8.28. The van der Waals surface area contributed by atoms with Gasteiger partial charge in [0, 0.05) is 48.8 Å². The number of pyridine rings is 1. The van der Waals surface area contributed by atoms with Gasteiger partial charge in [-0.2, -0.15) is 0 Å². The van der Waals surface area contributed by atoms with Crippen LogP contribution in [-0.4, -0.2) is 39.5 Å². The van der Waals surface area contributed by atoms with Gasteiger partial charge in [-0.25, -0.2) is 13.0 Å². The first kappa shape index (κ1) is 33.7. The fraction of sp³-hybridized carbons (Fsp3) is 0.410. The maximum Gasteiger partial charge on any atom is 0.179 e. The summed E-state index contributed by atoms with van der Waals surface area (Å²) in [6.45, 7) is 5.50. The van der Waals surface area contributed by atoms with Gasteiger partial charge < -0.3 is 14.7 Å². The number of anilines is 1. The molecule has 4 aromatic rings. The minimum atomic E-state index is -3.64. The molecule has 6 nitrogen and oxygen atoms in total. The van der Waals surface area contributed by atoms with E-state index in [0.717, 1.165) is 54.8 Å². The summed E-state index contributed by atoms with van der Waals surface area (Å²) < 4.78 is 36.5. The van der Waals surface area contributed by atoms with Gasteiger partial charge in [-0.1, -0.05) is 82.0 Å². The maximum atomic E-state index is 14.1. The highest BCUT2D eigenvalue weighted by Crippen LogP contribution is 2.50. The van der Waals surface area contributed by atoms with Crippen LogP contribution >= 0.6 is 0 Å². The topological polar surface area (TPSA) is 70.7 Å². The molecule has 1 aliphatic heterocycles. The summed E-state index contributed by atoms with van der Waals surface area (Å²) in [5.74, 6) is 0.217. The molecule has 0 bridgehead atoms. The van der Waals surface area contributed by atoms with Crippen molar-refractivity contribution in [3.8, 4) is 5.75 Å². The lowest BCUT2D eigenvalue weighted by atomic mass is 9.68. The highest BCUT2D eigenvalue weighted by Gasteiger charge is 2.49. The Kier molecular flexibility index (Phi) is 10.9. The zero-order chi connectivity index (χ0) is 32.7. The van der Waals surface area contributed by atoms with E-state index in [1.165, 1.54) is 5.56 Å². The number of aromatic nitrogens is 1. The van der Waals surface area contributed by atoms with Crippen LogP contribution in [0.1, 0.15) is 80.5 Å². The summed E-state index contributed by atoms with van der Waals surface area (Å²) in [5.41, 5.74) is 4.06. The molecule has 0 spiro atoms. The van der Waals surface area contributed by atoms with Gasteiger partial charge in [0.15, 0.2) is 28.8 Å². The van der Waals surface area contributed by atoms with Gasteiger partial charge >= 0.3 is 0 Å². The summed E-state index contributed by atoms with van der Waals surface area (Å²) >= 11 is 0. The van der Waals surface area contributed by atoms with Gasteiger partial charge in [0.05, 0.1) is 16.8 Å². The van der Waals surface area contributed by atoms with Crippen molar-refractivity contribution in [1.82, 2.24) is 0 Å². The smallest absolute Gasteiger partial charge is 0.179 e. The monoisotopic (exact) mass is 641 g/mol. The Morgan fingerprint density at radius 2 is 1.50 bits per heavy atom. The van der Waals surface area contributed by atoms with E-state index in [1.807, 2.05) is 73.6 Å². The molecule has 3 aromatic carbocycles. The summed E-state index contributed by atoms with van der Waals surface area (Å²) in [7, 11) is 0.267. The molecule has 46 heavy (non-hydrogen) atoms. The molecule has 0 saturated heterocycles. The average molecular weight is 642 g/mol. The van der Waals surface area contributed by atoms with Crippen LogP contribution in [0.15, 0.2) is 102 Å². The number of hydrogen-bond donors (Lipinski definition) is 1. The summed E-state index contributed by atoms with van der Waals surface area (Å²) in [5, 5.41) is 12.4. The fourth-order valence-electron chi connectivity index (χ4n) is 6.82. The summed E-state index contributed by atoms with van der Waals surface area (Å²) in [6, 6.07) is 28.0. The minimum Gasteiger partial charge on any atom is -0.489 e. The average Bonchev–Trinajstić information content (AvgIpc) is 3.13. The Morgan fingerprint density at radius 3 is 2.11 bits per heavy atom. The number of aliphatic hydroxyl groups is 1. The van der Waals surface area contributed by atoms with Gasteiger partial charge in [0.1, 0.15) is 12.4 Å². The molecule has 1 aromatic heterocycles. The standard InChI is InChI=1S/C39H49N2O4S/c1-5-7-22-39(23-8-6-2)29-46(43,44)36-21-18-33(40(3)4)26-35(36)37(38(39)42)32-16-19-34(20-17-32)45-28-31-14-12-30(13-15-31)27-41-24-10-9-11-25-41/h9-21,24-26,37-38,42H,5-8,22-23,27-29H2,1-4H3/q+1/t37-,38-/m1/s1. The number of nitrogens with zero attached hydrogens (tertiary/aromatic N) is 2. The minimum absolute atomic E-state index is 0.0317. The number of ether oxygens (including phenoxy) is 1. The third-order valence-electron chi connectivity index (χ3n) is 9.47. The second-order valence-corrected chi connectivity index (χ2v) is 15.0. The Bertz CT molecular complexity index is 1660. The maximum absolute atomic E-state index is 14.1. The summed E-state index contributed by atoms with van der Waals surface area (Å²) in [4.78, 5) is 2.32. The van der Waals surface area contributed by atoms with Crippen LogP contribution in [0.2, 0.25) is 0 Å². The number of sulfone groups is 1. The van der Waals surface area contributed by atoms with E-state index in [9.17, 15) is 13.5 Å². The van der Waals surface area contributed by atoms with Crippen molar-refractivity contribution < 1.29 is 22.8 Å². The lowest BCUT2D eigenvalue weighted by Crippen LogP contribution is -2.43. The molecule has 0 unspecified atom stereocenters. The molecule has 0 fully saturated rings. The third kappa shape index (κ3) is 7.64. The molecule has 1 N–H and O–H groups in total. The predicted octanol–water partition coefficient (Wildman–Crippen LogP) is 7.31. The fourth-order valence-corrected chi connectivity index (χ4v) is 9.01. The molecule has 244 valence electrons. The lowest BCUT2D eigenvalue weighted by Gasteiger charge is -2.40. The van der Waals surface area contributed by atoms with Gasteiger partial charge in [0.2, 0.25) is 0 Å². The lowest BCUT2D eigenvalue weighted by molar-refractivity contribution is -0.688. The molecular weight excluding hydrogens is 593 g/mol. The molecule has 0 aliphatic carbocycles. The SMILES string of the molecule is CCCCC1(CCCC)CS(=O)(=O)c2ccc(N(C)C)cc2[C@@H](c2ccc(OCc3ccc(C[n+]4ccccc4)cc3)cc2)[C@H]1O. The van der Waals surface area contributed by atoms with Crippen LogP contribution in [0.3, 0.4) is 0 Å². The highest BCUT2D eigenvalue weighted by molar-refractivity contribution is 7.91. The van der Waals surface area contributed by atoms with Gasteiger partial charge in [-0.05, 0) is 59.9 Å². The molecule has 7 heteroatoms. The number of benzene rings is 3. The molecule has 0 saturated carbocycles. The van der Waals surface area contributed by atoms with E-state index < -0.39 is 27.3 Å². The molecule has 2 heterocycles. The first-order valence-corrected chi connectivity index (χ1v) is 18.3. The molecule has 0 radical (unpaired) electrons. The van der Waals surface area contributed by atoms with Gasteiger partial charge in [-0.3, -0.25) is 0 Å². The number of hydrogen-bond acceptors (Lipinski definition) is 5. The Balaban J connectivity index is 1.43. The number of unbranched alkanes of at least 4 members (excludes halogenated alkanes) is 2. The first-order chi connectivity index (χ1) is 22.2. The van der Waals surface area contributed by atoms with Crippen molar-refractivity contribution in [1.29, 1.82) is 0 Å². The van der Waals surface area contributed by atoms with E-state index in [-0.39, 0.29) is 5.75 Å². The van der Waals surface area contributed by atoms with Crippen LogP contribution < -0.4 is 14.2 Å². The van der Waals surface area contributed by atoms with E-state index in [2.05, 4.69) is 55.1 Å². The Labute approximate surface area is 275 Å². The number of aliphatic hydroxyl groups excluding tert-OH is 1. The molecule has 5 rings (SSSR count). The van der Waals surface area contributed by atoms with Gasteiger partial charge in [-0.15, -0.1) is 0 Å². The quantitative estimate of drug-likeness (QED) is 0.155. The van der Waals surface area contributed by atoms with E-state index in [4.69, 9.17) is 4.74 Å². The Morgan fingerprint density at radius 1 is 0.870 bits per heavy atom. The van der Waals surface area contributed by atoms with Crippen LogP contribution in [0.25, 0.3) is 0 Å². The van der Waals surface area contributed by atoms with Crippen LogP contribution in [0.4, 0.5) is 5.69 Å². The number of rotatable bonds is 13. The van der Waals surface area contributed by atoms with Crippen molar-refractivity contribution in [2.75, 3.05) is 24.7 Å².